The number of hydrogen-bond donors (Lipinski definition) is 0. The van der Waals surface area contributed by atoms with Crippen LogP contribution >= 0.6 is 0 Å². The molecule has 0 heterocycles. The molecule has 0 aliphatic carbocycles. The van der Waals surface area contributed by atoms with Crippen LogP contribution < -0.4 is 0 Å². The van der Waals surface area contributed by atoms with Gasteiger partial charge in [0.1, 0.15) is 0 Å². The molecule has 1 aromatic rings. The summed E-state index contributed by atoms with van der Waals surface area (Å²) in [6, 6.07) is 0. The van der Waals surface area contributed by atoms with Crippen LogP contribution in [0.4, 0.5) is 22.0 Å². The van der Waals surface area contributed by atoms with Gasteiger partial charge in [-0.15, -0.1) is 6.58 Å². The smallest absolute Gasteiger partial charge is 0.316 e. The summed E-state index contributed by atoms with van der Waals surface area (Å²) in [6.45, 7) is 5.69. The predicted molar refractivity (Wildman–Crippen MR) is 65.0 cm³/mol. The van der Waals surface area contributed by atoms with Crippen molar-refractivity contribution < 1.29 is 31.5 Å². The van der Waals surface area contributed by atoms with Crippen molar-refractivity contribution >= 4 is 5.97 Å². The van der Waals surface area contributed by atoms with Gasteiger partial charge in [0.05, 0.1) is 12.0 Å². The number of allylic oxidation sites excluding steroid dienone is 1. The van der Waals surface area contributed by atoms with Crippen molar-refractivity contribution in [3.8, 4) is 0 Å². The standard InChI is InChI=1S/C14H13F5O2/c1-4-6-14(3,13(20)21-5-2)7-8(15)10(17)12(19)11(18)9(7)16/h4H,1,5-6H2,2-3H3. The van der Waals surface area contributed by atoms with E-state index in [9.17, 15) is 26.7 Å². The second-order valence-electron chi connectivity index (χ2n) is 4.49. The summed E-state index contributed by atoms with van der Waals surface area (Å²) in [4.78, 5) is 11.9. The highest BCUT2D eigenvalue weighted by atomic mass is 19.2. The van der Waals surface area contributed by atoms with Gasteiger partial charge in [-0.3, -0.25) is 4.79 Å². The molecule has 0 fully saturated rings. The molecule has 0 amide bonds. The van der Waals surface area contributed by atoms with Gasteiger partial charge in [0.2, 0.25) is 5.82 Å². The highest BCUT2D eigenvalue weighted by molar-refractivity contribution is 5.83. The Morgan fingerprint density at radius 2 is 1.52 bits per heavy atom. The molecule has 0 saturated carbocycles. The third kappa shape index (κ3) is 2.77. The van der Waals surface area contributed by atoms with E-state index in [4.69, 9.17) is 0 Å². The van der Waals surface area contributed by atoms with Gasteiger partial charge in [0.15, 0.2) is 23.3 Å². The van der Waals surface area contributed by atoms with Gasteiger partial charge in [-0.2, -0.15) is 0 Å². The van der Waals surface area contributed by atoms with E-state index < -0.39 is 46.0 Å². The number of hydrogen-bond acceptors (Lipinski definition) is 2. The molecular weight excluding hydrogens is 295 g/mol. The quantitative estimate of drug-likeness (QED) is 0.272. The highest BCUT2D eigenvalue weighted by Gasteiger charge is 2.43. The summed E-state index contributed by atoms with van der Waals surface area (Å²) < 4.78 is 72.0. The van der Waals surface area contributed by atoms with Crippen LogP contribution in [0.5, 0.6) is 0 Å². The molecule has 0 aliphatic rings. The lowest BCUT2D eigenvalue weighted by Crippen LogP contribution is -2.37. The number of benzene rings is 1. The Bertz CT molecular complexity index is 556. The molecule has 0 bridgehead atoms. The fraction of sp³-hybridized carbons (Fsp3) is 0.357. The van der Waals surface area contributed by atoms with Crippen molar-refractivity contribution in [2.24, 2.45) is 0 Å². The molecule has 0 saturated heterocycles. The minimum absolute atomic E-state index is 0.110. The number of rotatable bonds is 5. The average Bonchev–Trinajstić information content (AvgIpc) is 2.43. The summed E-state index contributed by atoms with van der Waals surface area (Å²) in [5, 5.41) is 0. The number of carbonyl (C=O) groups is 1. The third-order valence-corrected chi connectivity index (χ3v) is 3.04. The van der Waals surface area contributed by atoms with E-state index >= 15 is 0 Å². The Kier molecular flexibility index (Phi) is 5.09. The third-order valence-electron chi connectivity index (χ3n) is 3.04. The second kappa shape index (κ2) is 6.24. The van der Waals surface area contributed by atoms with Gasteiger partial charge in [0, 0.05) is 5.56 Å². The molecule has 116 valence electrons. The summed E-state index contributed by atoms with van der Waals surface area (Å²) in [7, 11) is 0. The number of ether oxygens (including phenoxy) is 1. The largest absolute Gasteiger partial charge is 0.465 e. The van der Waals surface area contributed by atoms with Gasteiger partial charge in [-0.1, -0.05) is 6.08 Å². The fourth-order valence-corrected chi connectivity index (χ4v) is 1.96. The second-order valence-corrected chi connectivity index (χ2v) is 4.49. The summed E-state index contributed by atoms with van der Waals surface area (Å²) >= 11 is 0. The van der Waals surface area contributed by atoms with Gasteiger partial charge >= 0.3 is 5.97 Å². The van der Waals surface area contributed by atoms with Crippen LogP contribution in [0.3, 0.4) is 0 Å². The molecule has 2 nitrogen and oxygen atoms in total. The maximum absolute atomic E-state index is 13.9. The maximum atomic E-state index is 13.9. The van der Waals surface area contributed by atoms with Gasteiger partial charge in [-0.25, -0.2) is 22.0 Å². The van der Waals surface area contributed by atoms with Crippen LogP contribution in [0, 0.1) is 29.1 Å². The SMILES string of the molecule is C=CCC(C)(C(=O)OCC)c1c(F)c(F)c(F)c(F)c1F. The van der Waals surface area contributed by atoms with Gasteiger partial charge < -0.3 is 4.74 Å². The van der Waals surface area contributed by atoms with Crippen LogP contribution in [0.1, 0.15) is 25.8 Å². The Labute approximate surface area is 118 Å². The zero-order valence-electron chi connectivity index (χ0n) is 11.4. The zero-order chi connectivity index (χ0) is 16.4. The van der Waals surface area contributed by atoms with E-state index in [0.29, 0.717) is 0 Å². The first-order valence-electron chi connectivity index (χ1n) is 6.02. The molecule has 1 aromatic carbocycles. The topological polar surface area (TPSA) is 26.3 Å². The first kappa shape index (κ1) is 17.1. The normalized spacial score (nSPS) is 13.7. The van der Waals surface area contributed by atoms with Gasteiger partial charge in [0.25, 0.3) is 0 Å². The predicted octanol–water partition coefficient (Wildman–Crippen LogP) is 3.78. The first-order valence-corrected chi connectivity index (χ1v) is 6.02. The number of esters is 1. The van der Waals surface area contributed by atoms with E-state index in [-0.39, 0.29) is 13.0 Å². The van der Waals surface area contributed by atoms with Crippen LogP contribution in [0.15, 0.2) is 12.7 Å². The minimum atomic E-state index is -2.28. The van der Waals surface area contributed by atoms with Crippen molar-refractivity contribution in [2.45, 2.75) is 25.7 Å². The fourth-order valence-electron chi connectivity index (χ4n) is 1.96. The summed E-state index contributed by atoms with van der Waals surface area (Å²) in [6.07, 6.45) is 0.777. The van der Waals surface area contributed by atoms with E-state index in [2.05, 4.69) is 11.3 Å². The Balaban J connectivity index is 3.67. The highest BCUT2D eigenvalue weighted by Crippen LogP contribution is 2.36. The Morgan fingerprint density at radius 3 is 1.90 bits per heavy atom. The molecule has 0 aromatic heterocycles. The Hall–Kier alpha value is -1.92. The molecule has 0 aliphatic heterocycles. The molecule has 1 unspecified atom stereocenters. The van der Waals surface area contributed by atoms with Crippen LogP contribution in [-0.4, -0.2) is 12.6 Å². The van der Waals surface area contributed by atoms with Crippen molar-refractivity contribution in [1.29, 1.82) is 0 Å². The van der Waals surface area contributed by atoms with E-state index in [1.165, 1.54) is 6.92 Å². The maximum Gasteiger partial charge on any atom is 0.316 e. The van der Waals surface area contributed by atoms with E-state index in [1.807, 2.05) is 0 Å². The lowest BCUT2D eigenvalue weighted by atomic mass is 9.78. The zero-order valence-corrected chi connectivity index (χ0v) is 11.4. The molecule has 1 atom stereocenters. The monoisotopic (exact) mass is 308 g/mol. The molecule has 0 spiro atoms. The van der Waals surface area contributed by atoms with Crippen molar-refractivity contribution in [3.63, 3.8) is 0 Å². The van der Waals surface area contributed by atoms with Crippen LogP contribution in [0.25, 0.3) is 0 Å². The lowest BCUT2D eigenvalue weighted by molar-refractivity contribution is -0.149. The molecule has 0 radical (unpaired) electrons. The van der Waals surface area contributed by atoms with Crippen molar-refractivity contribution in [3.05, 3.63) is 47.3 Å². The molecular formula is C14H13F5O2. The van der Waals surface area contributed by atoms with Crippen molar-refractivity contribution in [2.75, 3.05) is 6.61 Å². The molecule has 21 heavy (non-hydrogen) atoms. The van der Waals surface area contributed by atoms with Gasteiger partial charge in [-0.05, 0) is 20.3 Å². The van der Waals surface area contributed by atoms with Crippen LogP contribution in [-0.2, 0) is 14.9 Å². The molecule has 1 rings (SSSR count). The van der Waals surface area contributed by atoms with Crippen molar-refractivity contribution in [1.82, 2.24) is 0 Å². The minimum Gasteiger partial charge on any atom is -0.465 e. The number of carbonyl (C=O) groups excluding carboxylic acids is 1. The van der Waals surface area contributed by atoms with E-state index in [1.54, 1.807) is 0 Å². The summed E-state index contributed by atoms with van der Waals surface area (Å²) in [5.74, 6) is -11.7. The molecule has 7 heteroatoms. The van der Waals surface area contributed by atoms with E-state index in [0.717, 1.165) is 13.0 Å². The molecule has 0 N–H and O–H groups in total. The summed E-state index contributed by atoms with van der Waals surface area (Å²) in [5.41, 5.74) is -3.29. The first-order chi connectivity index (χ1) is 9.72. The lowest BCUT2D eigenvalue weighted by Gasteiger charge is -2.27. The van der Waals surface area contributed by atoms with Crippen LogP contribution in [0.2, 0.25) is 0 Å². The Morgan fingerprint density at radius 1 is 1.10 bits per heavy atom. The number of halogens is 5. The average molecular weight is 308 g/mol.